The van der Waals surface area contributed by atoms with E-state index >= 15 is 0 Å². The van der Waals surface area contributed by atoms with E-state index in [0.717, 1.165) is 12.1 Å². The van der Waals surface area contributed by atoms with Crippen LogP contribution in [0, 0.1) is 15.9 Å². The first-order valence-electron chi connectivity index (χ1n) is 6.37. The van der Waals surface area contributed by atoms with Crippen molar-refractivity contribution in [2.75, 3.05) is 5.32 Å². The van der Waals surface area contributed by atoms with Crippen LogP contribution in [0.3, 0.4) is 0 Å². The Hall–Kier alpha value is -2.22. The molecule has 3 rings (SSSR count). The molecule has 10 heteroatoms. The summed E-state index contributed by atoms with van der Waals surface area (Å²) in [5, 5.41) is 14.9. The van der Waals surface area contributed by atoms with E-state index in [1.54, 1.807) is 0 Å². The number of aromatic nitrogens is 2. The van der Waals surface area contributed by atoms with Crippen molar-refractivity contribution in [3.8, 4) is 0 Å². The molecule has 0 saturated carbocycles. The summed E-state index contributed by atoms with van der Waals surface area (Å²) in [6.07, 6.45) is 1.20. The van der Waals surface area contributed by atoms with E-state index in [1.165, 1.54) is 18.5 Å². The predicted molar refractivity (Wildman–Crippen MR) is 90.9 cm³/mol. The largest absolute Gasteiger partial charge is 0.338 e. The molecule has 0 radical (unpaired) electrons. The number of fused-ring (bicyclic) bond motifs is 1. The zero-order valence-corrected chi connectivity index (χ0v) is 13.8. The Balaban J connectivity index is 2.15. The molecule has 2 aromatic carbocycles. The van der Waals surface area contributed by atoms with Gasteiger partial charge in [-0.05, 0) is 12.1 Å². The molecule has 0 unspecified atom stereocenters. The predicted octanol–water partition coefficient (Wildman–Crippen LogP) is 5.38. The molecule has 0 aliphatic heterocycles. The first-order valence-corrected chi connectivity index (χ1v) is 7.50. The second kappa shape index (κ2) is 6.35. The van der Waals surface area contributed by atoms with Gasteiger partial charge in [-0.3, -0.25) is 10.1 Å². The molecule has 1 heterocycles. The van der Waals surface area contributed by atoms with Crippen LogP contribution in [-0.2, 0) is 0 Å². The fourth-order valence-corrected chi connectivity index (χ4v) is 2.65. The lowest BCUT2D eigenvalue weighted by Gasteiger charge is -2.11. The molecule has 0 spiro atoms. The Morgan fingerprint density at radius 2 is 1.75 bits per heavy atom. The molecule has 6 nitrogen and oxygen atoms in total. The van der Waals surface area contributed by atoms with Crippen LogP contribution in [0.5, 0.6) is 0 Å². The molecule has 0 amide bonds. The highest BCUT2D eigenvalue weighted by molar-refractivity contribution is 6.44. The number of hydrogen-bond acceptors (Lipinski definition) is 5. The minimum atomic E-state index is -0.982. The van der Waals surface area contributed by atoms with Gasteiger partial charge in [0.25, 0.3) is 0 Å². The van der Waals surface area contributed by atoms with E-state index in [9.17, 15) is 14.5 Å². The molecule has 3 aromatic rings. The number of rotatable bonds is 3. The number of nitro groups is 1. The Morgan fingerprint density at radius 1 is 1.04 bits per heavy atom. The first kappa shape index (κ1) is 16.6. The first-order chi connectivity index (χ1) is 11.4. The highest BCUT2D eigenvalue weighted by Crippen LogP contribution is 2.35. The van der Waals surface area contributed by atoms with Gasteiger partial charge in [0.1, 0.15) is 12.1 Å². The monoisotopic (exact) mass is 386 g/mol. The van der Waals surface area contributed by atoms with Gasteiger partial charge in [-0.2, -0.15) is 4.39 Å². The molecule has 1 N–H and O–H groups in total. The fraction of sp³-hybridized carbons (Fsp3) is 0. The summed E-state index contributed by atoms with van der Waals surface area (Å²) >= 11 is 17.9. The Bertz CT molecular complexity index is 984. The quantitative estimate of drug-likeness (QED) is 0.371. The molecule has 1 aromatic heterocycles. The summed E-state index contributed by atoms with van der Waals surface area (Å²) in [6, 6.07) is 4.95. The second-order valence-electron chi connectivity index (χ2n) is 4.67. The van der Waals surface area contributed by atoms with Gasteiger partial charge >= 0.3 is 5.69 Å². The fourth-order valence-electron chi connectivity index (χ4n) is 2.05. The Labute approximate surface area is 149 Å². The Kier molecular flexibility index (Phi) is 4.40. The number of halogens is 4. The maximum Gasteiger partial charge on any atom is 0.305 e. The van der Waals surface area contributed by atoms with E-state index < -0.39 is 16.4 Å². The van der Waals surface area contributed by atoms with Crippen molar-refractivity contribution >= 4 is 62.9 Å². The van der Waals surface area contributed by atoms with Gasteiger partial charge in [-0.25, -0.2) is 9.97 Å². The van der Waals surface area contributed by atoms with E-state index in [1.807, 2.05) is 0 Å². The summed E-state index contributed by atoms with van der Waals surface area (Å²) in [5.41, 5.74) is -0.0922. The molecule has 0 fully saturated rings. The molecule has 0 saturated heterocycles. The maximum absolute atomic E-state index is 13.7. The molecular weight excluding hydrogens is 382 g/mol. The molecular formula is C14H6Cl3FN4O2. The number of nitrogens with zero attached hydrogens (tertiary/aromatic N) is 3. The lowest BCUT2D eigenvalue weighted by molar-refractivity contribution is -0.387. The third kappa shape index (κ3) is 3.06. The minimum absolute atomic E-state index is 0.201. The van der Waals surface area contributed by atoms with E-state index in [2.05, 4.69) is 15.3 Å². The molecule has 0 aliphatic rings. The normalized spacial score (nSPS) is 10.8. The van der Waals surface area contributed by atoms with Gasteiger partial charge in [-0.15, -0.1) is 0 Å². The van der Waals surface area contributed by atoms with Gasteiger partial charge in [0.05, 0.1) is 36.6 Å². The maximum atomic E-state index is 13.7. The highest BCUT2D eigenvalue weighted by atomic mass is 35.5. The molecule has 24 heavy (non-hydrogen) atoms. The van der Waals surface area contributed by atoms with Gasteiger partial charge < -0.3 is 5.32 Å². The summed E-state index contributed by atoms with van der Waals surface area (Å²) in [4.78, 5) is 18.0. The SMILES string of the molecule is O=[N+]([O-])c1cc2c(Nc3cc(Cl)c(Cl)cc3Cl)ncnc2cc1F. The van der Waals surface area contributed by atoms with Gasteiger partial charge in [0, 0.05) is 12.1 Å². The number of nitrogens with one attached hydrogen (secondary N) is 1. The summed E-state index contributed by atoms with van der Waals surface area (Å²) in [5.74, 6) is -0.770. The third-order valence-electron chi connectivity index (χ3n) is 3.16. The molecule has 122 valence electrons. The minimum Gasteiger partial charge on any atom is -0.338 e. The topological polar surface area (TPSA) is 81.0 Å². The standard InChI is InChI=1S/C14H6Cl3FN4O2/c15-7-2-9(17)12(3-8(7)16)21-14-6-1-13(22(23)24)10(18)4-11(6)19-5-20-14/h1-5H,(H,19,20,21). The third-order valence-corrected chi connectivity index (χ3v) is 4.20. The van der Waals surface area contributed by atoms with Crippen molar-refractivity contribution in [2.45, 2.75) is 0 Å². The van der Waals surface area contributed by atoms with E-state index in [0.29, 0.717) is 5.69 Å². The van der Waals surface area contributed by atoms with Crippen molar-refractivity contribution in [1.29, 1.82) is 0 Å². The van der Waals surface area contributed by atoms with Crippen LogP contribution >= 0.6 is 34.8 Å². The van der Waals surface area contributed by atoms with Crippen molar-refractivity contribution < 1.29 is 9.31 Å². The number of nitro benzene ring substituents is 1. The highest BCUT2D eigenvalue weighted by Gasteiger charge is 2.18. The van der Waals surface area contributed by atoms with E-state index in [-0.39, 0.29) is 31.8 Å². The van der Waals surface area contributed by atoms with Crippen LogP contribution in [0.25, 0.3) is 10.9 Å². The summed E-state index contributed by atoms with van der Waals surface area (Å²) in [7, 11) is 0. The van der Waals surface area contributed by atoms with Crippen LogP contribution in [0.1, 0.15) is 0 Å². The van der Waals surface area contributed by atoms with Crippen molar-refractivity contribution in [3.63, 3.8) is 0 Å². The summed E-state index contributed by atoms with van der Waals surface area (Å²) in [6.45, 7) is 0. The van der Waals surface area contributed by atoms with Crippen LogP contribution in [-0.4, -0.2) is 14.9 Å². The van der Waals surface area contributed by atoms with Gasteiger partial charge in [0.2, 0.25) is 5.82 Å². The van der Waals surface area contributed by atoms with Gasteiger partial charge in [-0.1, -0.05) is 34.8 Å². The lowest BCUT2D eigenvalue weighted by atomic mass is 10.2. The van der Waals surface area contributed by atoms with Crippen LogP contribution < -0.4 is 5.32 Å². The summed E-state index contributed by atoms with van der Waals surface area (Å²) < 4.78 is 13.7. The smallest absolute Gasteiger partial charge is 0.305 e. The number of hydrogen-bond donors (Lipinski definition) is 1. The van der Waals surface area contributed by atoms with Crippen LogP contribution in [0.15, 0.2) is 30.6 Å². The number of benzene rings is 2. The molecule has 0 bridgehead atoms. The second-order valence-corrected chi connectivity index (χ2v) is 5.89. The van der Waals surface area contributed by atoms with E-state index in [4.69, 9.17) is 34.8 Å². The van der Waals surface area contributed by atoms with Crippen molar-refractivity contribution in [1.82, 2.24) is 9.97 Å². The molecule has 0 aliphatic carbocycles. The zero-order valence-electron chi connectivity index (χ0n) is 11.6. The van der Waals surface area contributed by atoms with Crippen LogP contribution in [0.4, 0.5) is 21.6 Å². The average molecular weight is 388 g/mol. The number of anilines is 2. The molecule has 0 atom stereocenters. The average Bonchev–Trinajstić information content (AvgIpc) is 2.51. The van der Waals surface area contributed by atoms with Crippen LogP contribution in [0.2, 0.25) is 15.1 Å². The van der Waals surface area contributed by atoms with Gasteiger partial charge in [0.15, 0.2) is 0 Å². The van der Waals surface area contributed by atoms with Crippen molar-refractivity contribution in [2.24, 2.45) is 0 Å². The zero-order chi connectivity index (χ0) is 17.4. The van der Waals surface area contributed by atoms with Crippen molar-refractivity contribution in [3.05, 3.63) is 61.6 Å². The Morgan fingerprint density at radius 3 is 2.46 bits per heavy atom. The lowest BCUT2D eigenvalue weighted by Crippen LogP contribution is -1.99.